The van der Waals surface area contributed by atoms with E-state index >= 15 is 0 Å². The second-order valence-electron chi connectivity index (χ2n) is 5.21. The van der Waals surface area contributed by atoms with E-state index in [1.807, 2.05) is 23.1 Å². The standard InChI is InChI=1S/C16H23NO2/c1-3-13(2)15(14-7-5-4-6-8-14)16(18)17-9-11-19-12-10-17/h4-8,13,15H,3,9-12H2,1-2H3. The lowest BCUT2D eigenvalue weighted by molar-refractivity contribution is -0.138. The number of benzene rings is 1. The Hall–Kier alpha value is -1.35. The summed E-state index contributed by atoms with van der Waals surface area (Å²) in [6, 6.07) is 10.1. The molecule has 0 aliphatic carbocycles. The molecule has 2 rings (SSSR count). The largest absolute Gasteiger partial charge is 0.378 e. The fourth-order valence-electron chi connectivity index (χ4n) is 2.59. The van der Waals surface area contributed by atoms with Crippen LogP contribution in [0, 0.1) is 5.92 Å². The van der Waals surface area contributed by atoms with E-state index in [0.29, 0.717) is 19.1 Å². The van der Waals surface area contributed by atoms with Crippen LogP contribution in [0.1, 0.15) is 31.7 Å². The average molecular weight is 261 g/mol. The number of ether oxygens (including phenoxy) is 1. The van der Waals surface area contributed by atoms with Crippen molar-refractivity contribution in [1.29, 1.82) is 0 Å². The van der Waals surface area contributed by atoms with Gasteiger partial charge in [0, 0.05) is 13.1 Å². The lowest BCUT2D eigenvalue weighted by Crippen LogP contribution is -2.44. The van der Waals surface area contributed by atoms with Gasteiger partial charge in [0.05, 0.1) is 19.1 Å². The second-order valence-corrected chi connectivity index (χ2v) is 5.21. The van der Waals surface area contributed by atoms with E-state index in [1.165, 1.54) is 0 Å². The molecule has 1 aliphatic heterocycles. The highest BCUT2D eigenvalue weighted by atomic mass is 16.5. The summed E-state index contributed by atoms with van der Waals surface area (Å²) >= 11 is 0. The highest BCUT2D eigenvalue weighted by Gasteiger charge is 2.30. The highest BCUT2D eigenvalue weighted by Crippen LogP contribution is 2.29. The molecular weight excluding hydrogens is 238 g/mol. The van der Waals surface area contributed by atoms with E-state index in [1.54, 1.807) is 0 Å². The molecule has 0 spiro atoms. The van der Waals surface area contributed by atoms with E-state index in [2.05, 4.69) is 26.0 Å². The smallest absolute Gasteiger partial charge is 0.230 e. The zero-order valence-corrected chi connectivity index (χ0v) is 11.8. The summed E-state index contributed by atoms with van der Waals surface area (Å²) in [6.45, 7) is 7.07. The Labute approximate surface area is 115 Å². The molecule has 0 N–H and O–H groups in total. The number of morpholine rings is 1. The molecule has 19 heavy (non-hydrogen) atoms. The van der Waals surface area contributed by atoms with E-state index < -0.39 is 0 Å². The van der Waals surface area contributed by atoms with E-state index in [-0.39, 0.29) is 11.8 Å². The van der Waals surface area contributed by atoms with Crippen molar-refractivity contribution in [2.75, 3.05) is 26.3 Å². The summed E-state index contributed by atoms with van der Waals surface area (Å²) < 4.78 is 5.33. The Morgan fingerprint density at radius 3 is 2.47 bits per heavy atom. The lowest BCUT2D eigenvalue weighted by atomic mass is 9.84. The predicted octanol–water partition coefficient (Wildman–Crippen LogP) is 2.68. The average Bonchev–Trinajstić information content (AvgIpc) is 2.49. The Balaban J connectivity index is 2.20. The number of hydrogen-bond acceptors (Lipinski definition) is 2. The summed E-state index contributed by atoms with van der Waals surface area (Å²) in [4.78, 5) is 14.7. The highest BCUT2D eigenvalue weighted by molar-refractivity contribution is 5.84. The quantitative estimate of drug-likeness (QED) is 0.834. The molecule has 2 unspecified atom stereocenters. The monoisotopic (exact) mass is 261 g/mol. The molecule has 1 fully saturated rings. The first-order valence-electron chi connectivity index (χ1n) is 7.15. The van der Waals surface area contributed by atoms with E-state index in [9.17, 15) is 4.79 Å². The third-order valence-corrected chi connectivity index (χ3v) is 3.96. The molecule has 1 saturated heterocycles. The van der Waals surface area contributed by atoms with Crippen LogP contribution in [-0.2, 0) is 9.53 Å². The predicted molar refractivity (Wildman–Crippen MR) is 76.0 cm³/mol. The summed E-state index contributed by atoms with van der Waals surface area (Å²) in [7, 11) is 0. The minimum absolute atomic E-state index is 0.0238. The van der Waals surface area contributed by atoms with Gasteiger partial charge in [-0.25, -0.2) is 0 Å². The first-order valence-corrected chi connectivity index (χ1v) is 7.15. The third kappa shape index (κ3) is 3.35. The van der Waals surface area contributed by atoms with Gasteiger partial charge < -0.3 is 9.64 Å². The molecule has 0 aromatic heterocycles. The molecule has 0 radical (unpaired) electrons. The van der Waals surface area contributed by atoms with Gasteiger partial charge >= 0.3 is 0 Å². The van der Waals surface area contributed by atoms with Gasteiger partial charge in [0.1, 0.15) is 0 Å². The van der Waals surface area contributed by atoms with Crippen LogP contribution < -0.4 is 0 Å². The van der Waals surface area contributed by atoms with Crippen LogP contribution in [-0.4, -0.2) is 37.1 Å². The molecule has 1 aliphatic rings. The van der Waals surface area contributed by atoms with E-state index in [4.69, 9.17) is 4.74 Å². The molecule has 2 atom stereocenters. The van der Waals surface area contributed by atoms with Gasteiger partial charge in [-0.05, 0) is 11.5 Å². The molecule has 104 valence electrons. The number of hydrogen-bond donors (Lipinski definition) is 0. The summed E-state index contributed by atoms with van der Waals surface area (Å²) in [5, 5.41) is 0. The number of carbonyl (C=O) groups excluding carboxylic acids is 1. The van der Waals surface area contributed by atoms with Crippen LogP contribution in [0.25, 0.3) is 0 Å². The molecule has 3 nitrogen and oxygen atoms in total. The second kappa shape index (κ2) is 6.71. The first kappa shape index (κ1) is 14.1. The van der Waals surface area contributed by atoms with Gasteiger partial charge in [-0.1, -0.05) is 50.6 Å². The topological polar surface area (TPSA) is 29.5 Å². The Morgan fingerprint density at radius 2 is 1.89 bits per heavy atom. The molecule has 1 heterocycles. The van der Waals surface area contributed by atoms with Crippen molar-refractivity contribution in [1.82, 2.24) is 4.90 Å². The molecule has 0 bridgehead atoms. The number of amides is 1. The number of carbonyl (C=O) groups is 1. The molecular formula is C16H23NO2. The van der Waals surface area contributed by atoms with Crippen LogP contribution in [0.15, 0.2) is 30.3 Å². The molecule has 1 aromatic rings. The van der Waals surface area contributed by atoms with Gasteiger partial charge in [0.25, 0.3) is 0 Å². The maximum Gasteiger partial charge on any atom is 0.230 e. The maximum atomic E-state index is 12.8. The third-order valence-electron chi connectivity index (χ3n) is 3.96. The summed E-state index contributed by atoms with van der Waals surface area (Å²) in [6.07, 6.45) is 1.01. The van der Waals surface area contributed by atoms with Crippen molar-refractivity contribution in [2.45, 2.75) is 26.2 Å². The normalized spacial score (nSPS) is 18.9. The van der Waals surface area contributed by atoms with Crippen LogP contribution in [0.5, 0.6) is 0 Å². The molecule has 1 amide bonds. The van der Waals surface area contributed by atoms with Gasteiger partial charge in [-0.15, -0.1) is 0 Å². The van der Waals surface area contributed by atoms with Gasteiger partial charge in [-0.3, -0.25) is 4.79 Å². The SMILES string of the molecule is CCC(C)C(C(=O)N1CCOCC1)c1ccccc1. The van der Waals surface area contributed by atoms with Crippen molar-refractivity contribution in [3.05, 3.63) is 35.9 Å². The fourth-order valence-corrected chi connectivity index (χ4v) is 2.59. The van der Waals surface area contributed by atoms with Crippen LogP contribution in [0.2, 0.25) is 0 Å². The van der Waals surface area contributed by atoms with Crippen LogP contribution >= 0.6 is 0 Å². The molecule has 0 saturated carbocycles. The van der Waals surface area contributed by atoms with Crippen molar-refractivity contribution in [3.8, 4) is 0 Å². The fraction of sp³-hybridized carbons (Fsp3) is 0.562. The maximum absolute atomic E-state index is 12.8. The van der Waals surface area contributed by atoms with Crippen molar-refractivity contribution < 1.29 is 9.53 Å². The number of nitrogens with zero attached hydrogens (tertiary/aromatic N) is 1. The molecule has 3 heteroatoms. The minimum Gasteiger partial charge on any atom is -0.378 e. The zero-order chi connectivity index (χ0) is 13.7. The van der Waals surface area contributed by atoms with Gasteiger partial charge in [-0.2, -0.15) is 0 Å². The summed E-state index contributed by atoms with van der Waals surface area (Å²) in [5.74, 6) is 0.589. The first-order chi connectivity index (χ1) is 9.24. The van der Waals surface area contributed by atoms with Gasteiger partial charge in [0.2, 0.25) is 5.91 Å². The van der Waals surface area contributed by atoms with Crippen molar-refractivity contribution >= 4 is 5.91 Å². The van der Waals surface area contributed by atoms with Crippen LogP contribution in [0.3, 0.4) is 0 Å². The summed E-state index contributed by atoms with van der Waals surface area (Å²) in [5.41, 5.74) is 1.13. The molecule has 1 aromatic carbocycles. The van der Waals surface area contributed by atoms with Crippen molar-refractivity contribution in [3.63, 3.8) is 0 Å². The van der Waals surface area contributed by atoms with E-state index in [0.717, 1.165) is 25.1 Å². The lowest BCUT2D eigenvalue weighted by Gasteiger charge is -2.32. The Kier molecular flexibility index (Phi) is 4.97. The van der Waals surface area contributed by atoms with Gasteiger partial charge in [0.15, 0.2) is 0 Å². The van der Waals surface area contributed by atoms with Crippen LogP contribution in [0.4, 0.5) is 0 Å². The minimum atomic E-state index is -0.0238. The Bertz CT molecular complexity index is 398. The number of rotatable bonds is 4. The Morgan fingerprint density at radius 1 is 1.26 bits per heavy atom. The zero-order valence-electron chi connectivity index (χ0n) is 11.8. The van der Waals surface area contributed by atoms with Crippen molar-refractivity contribution in [2.24, 2.45) is 5.92 Å².